The molecule has 0 fully saturated rings. The minimum Gasteiger partial charge on any atom is -0.356 e. The Balaban J connectivity index is 3.43. The minimum absolute atomic E-state index is 0.129. The summed E-state index contributed by atoms with van der Waals surface area (Å²) in [5, 5.41) is 0. The van der Waals surface area contributed by atoms with Gasteiger partial charge in [-0.05, 0) is 0 Å². The van der Waals surface area contributed by atoms with E-state index < -0.39 is 0 Å². The van der Waals surface area contributed by atoms with Crippen LogP contribution in [0.3, 0.4) is 0 Å². The van der Waals surface area contributed by atoms with Gasteiger partial charge in [0.25, 0.3) is 0 Å². The van der Waals surface area contributed by atoms with Gasteiger partial charge in [0.05, 0.1) is 0 Å². The second-order valence-electron chi connectivity index (χ2n) is 1.80. The van der Waals surface area contributed by atoms with E-state index in [2.05, 4.69) is 6.58 Å². The first-order valence-corrected chi connectivity index (χ1v) is 3.18. The van der Waals surface area contributed by atoms with Gasteiger partial charge in [-0.1, -0.05) is 24.8 Å². The van der Waals surface area contributed by atoms with E-state index >= 15 is 0 Å². The van der Waals surface area contributed by atoms with E-state index in [1.165, 1.54) is 0 Å². The predicted molar refractivity (Wildman–Crippen MR) is 41.8 cm³/mol. The van der Waals surface area contributed by atoms with Crippen molar-refractivity contribution in [3.8, 4) is 0 Å². The molecule has 2 heteroatoms. The summed E-state index contributed by atoms with van der Waals surface area (Å²) in [7, 11) is 3.24. The monoisotopic (exact) mass is 142 g/mol. The average Bonchev–Trinajstić information content (AvgIpc) is 1.99. The lowest BCUT2D eigenvalue weighted by molar-refractivity contribution is -0.0986. The summed E-state index contributed by atoms with van der Waals surface area (Å²) in [6, 6.07) is 0. The molecule has 0 unspecified atom stereocenters. The highest BCUT2D eigenvalue weighted by atomic mass is 16.7. The number of ether oxygens (including phenoxy) is 2. The zero-order valence-electron chi connectivity index (χ0n) is 6.54. The van der Waals surface area contributed by atoms with Crippen LogP contribution in [0.25, 0.3) is 0 Å². The summed E-state index contributed by atoms with van der Waals surface area (Å²) in [6.45, 7) is 3.54. The molecule has 10 heavy (non-hydrogen) atoms. The van der Waals surface area contributed by atoms with Crippen LogP contribution in [0.1, 0.15) is 6.42 Å². The molecular formula is C8H14O2. The molecule has 0 bridgehead atoms. The average molecular weight is 142 g/mol. The maximum absolute atomic E-state index is 4.94. The topological polar surface area (TPSA) is 18.5 Å². The van der Waals surface area contributed by atoms with E-state index in [4.69, 9.17) is 9.47 Å². The van der Waals surface area contributed by atoms with Crippen molar-refractivity contribution in [1.29, 1.82) is 0 Å². The van der Waals surface area contributed by atoms with Crippen molar-refractivity contribution in [2.45, 2.75) is 12.7 Å². The Bertz CT molecular complexity index is 104. The number of rotatable bonds is 5. The summed E-state index contributed by atoms with van der Waals surface area (Å²) < 4.78 is 9.88. The van der Waals surface area contributed by atoms with Crippen molar-refractivity contribution in [1.82, 2.24) is 0 Å². The smallest absolute Gasteiger partial charge is 0.160 e. The van der Waals surface area contributed by atoms with Gasteiger partial charge in [0.15, 0.2) is 6.29 Å². The molecule has 0 aliphatic carbocycles. The van der Waals surface area contributed by atoms with Gasteiger partial charge in [-0.3, -0.25) is 0 Å². The molecule has 0 N–H and O–H groups in total. The maximum atomic E-state index is 4.94. The number of hydrogen-bond acceptors (Lipinski definition) is 2. The first-order chi connectivity index (χ1) is 4.85. The first kappa shape index (κ1) is 9.40. The van der Waals surface area contributed by atoms with E-state index in [0.29, 0.717) is 0 Å². The highest BCUT2D eigenvalue weighted by Crippen LogP contribution is 1.97. The Kier molecular flexibility index (Phi) is 6.13. The minimum atomic E-state index is -0.129. The van der Waals surface area contributed by atoms with Gasteiger partial charge in [-0.2, -0.15) is 0 Å². The predicted octanol–water partition coefficient (Wildman–Crippen LogP) is 1.74. The van der Waals surface area contributed by atoms with Crippen LogP contribution in [0.5, 0.6) is 0 Å². The molecule has 0 radical (unpaired) electrons. The van der Waals surface area contributed by atoms with Crippen molar-refractivity contribution in [2.75, 3.05) is 14.2 Å². The van der Waals surface area contributed by atoms with Gasteiger partial charge in [-0.15, -0.1) is 0 Å². The Morgan fingerprint density at radius 1 is 1.40 bits per heavy atom. The van der Waals surface area contributed by atoms with Crippen LogP contribution in [0.4, 0.5) is 0 Å². The number of methoxy groups -OCH3 is 2. The lowest BCUT2D eigenvalue weighted by atomic mass is 10.3. The number of hydrogen-bond donors (Lipinski definition) is 0. The molecule has 0 aromatic heterocycles. The van der Waals surface area contributed by atoms with Gasteiger partial charge in [-0.25, -0.2) is 0 Å². The second kappa shape index (κ2) is 6.52. The van der Waals surface area contributed by atoms with E-state index in [0.717, 1.165) is 6.42 Å². The van der Waals surface area contributed by atoms with Gasteiger partial charge < -0.3 is 9.47 Å². The van der Waals surface area contributed by atoms with Crippen LogP contribution < -0.4 is 0 Å². The summed E-state index contributed by atoms with van der Waals surface area (Å²) >= 11 is 0. The molecule has 58 valence electrons. The van der Waals surface area contributed by atoms with Gasteiger partial charge >= 0.3 is 0 Å². The molecule has 2 nitrogen and oxygen atoms in total. The lowest BCUT2D eigenvalue weighted by Crippen LogP contribution is -2.10. The molecule has 0 saturated carbocycles. The summed E-state index contributed by atoms with van der Waals surface area (Å²) in [5.74, 6) is 0. The maximum Gasteiger partial charge on any atom is 0.160 e. The van der Waals surface area contributed by atoms with Crippen LogP contribution >= 0.6 is 0 Å². The van der Waals surface area contributed by atoms with E-state index in [-0.39, 0.29) is 6.29 Å². The Morgan fingerprint density at radius 3 is 2.40 bits per heavy atom. The zero-order valence-corrected chi connectivity index (χ0v) is 6.54. The molecular weight excluding hydrogens is 128 g/mol. The fourth-order valence-electron chi connectivity index (χ4n) is 0.575. The highest BCUT2D eigenvalue weighted by molar-refractivity contribution is 4.97. The largest absolute Gasteiger partial charge is 0.356 e. The van der Waals surface area contributed by atoms with Crippen LogP contribution in [0, 0.1) is 0 Å². The van der Waals surface area contributed by atoms with Gasteiger partial charge in [0.1, 0.15) is 0 Å². The van der Waals surface area contributed by atoms with Crippen LogP contribution in [0.2, 0.25) is 0 Å². The van der Waals surface area contributed by atoms with Crippen LogP contribution in [0.15, 0.2) is 24.8 Å². The quantitative estimate of drug-likeness (QED) is 0.430. The summed E-state index contributed by atoms with van der Waals surface area (Å²) in [5.41, 5.74) is 0. The second-order valence-corrected chi connectivity index (χ2v) is 1.80. The number of allylic oxidation sites excluding steroid dienone is 2. The van der Waals surface area contributed by atoms with Gasteiger partial charge in [0.2, 0.25) is 0 Å². The Labute approximate surface area is 62.1 Å². The first-order valence-electron chi connectivity index (χ1n) is 3.18. The van der Waals surface area contributed by atoms with Crippen molar-refractivity contribution in [3.63, 3.8) is 0 Å². The molecule has 0 atom stereocenters. The van der Waals surface area contributed by atoms with Crippen molar-refractivity contribution >= 4 is 0 Å². The fraction of sp³-hybridized carbons (Fsp3) is 0.500. The standard InChI is InChI=1S/C8H14O2/c1-4-5-6-7-8(9-2)10-3/h4-6,8H,1,7H2,2-3H3/b6-5-. The third-order valence-corrected chi connectivity index (χ3v) is 1.13. The summed E-state index contributed by atoms with van der Waals surface area (Å²) in [4.78, 5) is 0. The van der Waals surface area contributed by atoms with Gasteiger partial charge in [0, 0.05) is 20.6 Å². The Morgan fingerprint density at radius 2 is 2.00 bits per heavy atom. The molecule has 0 aromatic rings. The molecule has 0 aromatic carbocycles. The third-order valence-electron chi connectivity index (χ3n) is 1.13. The molecule has 0 amide bonds. The lowest BCUT2D eigenvalue weighted by Gasteiger charge is -2.09. The highest BCUT2D eigenvalue weighted by Gasteiger charge is 1.98. The molecule has 0 aliphatic heterocycles. The van der Waals surface area contributed by atoms with Crippen molar-refractivity contribution in [3.05, 3.63) is 24.8 Å². The van der Waals surface area contributed by atoms with E-state index in [1.807, 2.05) is 12.2 Å². The van der Waals surface area contributed by atoms with Crippen LogP contribution in [-0.2, 0) is 9.47 Å². The van der Waals surface area contributed by atoms with Crippen LogP contribution in [-0.4, -0.2) is 20.5 Å². The third kappa shape index (κ3) is 4.30. The summed E-state index contributed by atoms with van der Waals surface area (Å²) in [6.07, 6.45) is 6.17. The Hall–Kier alpha value is -0.600. The molecule has 0 aliphatic rings. The SMILES string of the molecule is C=C/C=C\CC(OC)OC. The fourth-order valence-corrected chi connectivity index (χ4v) is 0.575. The molecule has 0 spiro atoms. The molecule has 0 saturated heterocycles. The normalized spacial score (nSPS) is 11.1. The molecule has 0 heterocycles. The zero-order chi connectivity index (χ0) is 7.82. The van der Waals surface area contributed by atoms with E-state index in [1.54, 1.807) is 20.3 Å². The molecule has 0 rings (SSSR count). The van der Waals surface area contributed by atoms with Crippen molar-refractivity contribution in [2.24, 2.45) is 0 Å². The van der Waals surface area contributed by atoms with Crippen molar-refractivity contribution < 1.29 is 9.47 Å². The van der Waals surface area contributed by atoms with E-state index in [9.17, 15) is 0 Å².